The van der Waals surface area contributed by atoms with Crippen LogP contribution in [0.1, 0.15) is 420 Å². The summed E-state index contributed by atoms with van der Waals surface area (Å²) in [6, 6.07) is 0. The van der Waals surface area contributed by atoms with Crippen LogP contribution in [0.15, 0.2) is 0 Å². The van der Waals surface area contributed by atoms with E-state index in [-0.39, 0.29) is 95.1 Å². The lowest BCUT2D eigenvalue weighted by Crippen LogP contribution is -2.51. The zero-order valence-corrected chi connectivity index (χ0v) is 99.3. The summed E-state index contributed by atoms with van der Waals surface area (Å²) in [7, 11) is 12.6. The van der Waals surface area contributed by atoms with Gasteiger partial charge in [-0.2, -0.15) is 0 Å². The fourth-order valence-electron chi connectivity index (χ4n) is 23.2. The van der Waals surface area contributed by atoms with E-state index in [1.54, 1.807) is 0 Å². The van der Waals surface area contributed by atoms with Crippen LogP contribution in [0.25, 0.3) is 0 Å². The standard InChI is InChI=1S/C18H36NO2.2C17H34NO2.C16H32NO2.C15H30NO2.C14H28NO2.C12H24NO2.C11H22NO2/c1-4-7-14-19(6-3,13-5-2)15-16-21-18(20)17-11-9-8-10-12-17;1-4-12-18(6-3,13-5-2)14-15-20-17(19)16-10-8-7-9-11-16;1-4-7-13-18(6-3,12-5-2)14-15-20-17(19)16-10-8-9-11-16;1-4-11-17(6-3,12-5-2)13-14-19-16(18)15-9-7-8-10-15;1-4-16(5-2,6-3)12-13-18-15(17)14-10-8-7-9-11-14;1-4-15(5-2,6-3)11-12-17-14(16)13-9-7-8-10-13;1-13(2,3)9-10-15-12(14)11-7-5-4-6-8-11;1-12(2,3)8-9-14-11(13)10-6-4-5-7-10/h17H,4-16H2,1-3H3;2*16H,4-15H2,1-3H3;15H,4-14H2,1-3H3;14H,4-13H2,1-3H3;13H,4-12H2,1-3H3;11H,4-10H2,1-3H3;10H,4-9H2,1-3H3/q8*+1. The van der Waals surface area contributed by atoms with Crippen molar-refractivity contribution in [3.8, 4) is 0 Å². The number of quaternary nitrogens is 8. The zero-order chi connectivity index (χ0) is 107. The van der Waals surface area contributed by atoms with Crippen LogP contribution >= 0.6 is 0 Å². The van der Waals surface area contributed by atoms with Crippen LogP contribution in [-0.2, 0) is 76.3 Å². The van der Waals surface area contributed by atoms with Gasteiger partial charge in [-0.15, -0.1) is 0 Å². The zero-order valence-electron chi connectivity index (χ0n) is 99.3. The summed E-state index contributed by atoms with van der Waals surface area (Å²) in [6.07, 6.45) is 53.0. The van der Waals surface area contributed by atoms with Crippen molar-refractivity contribution in [2.45, 2.75) is 420 Å². The second kappa shape index (κ2) is 81.2. The van der Waals surface area contributed by atoms with E-state index in [1.807, 2.05) is 0 Å². The molecule has 8 saturated carbocycles. The molecule has 8 fully saturated rings. The Hall–Kier alpha value is -4.56. The van der Waals surface area contributed by atoms with Crippen molar-refractivity contribution in [2.75, 3.05) is 265 Å². The van der Waals surface area contributed by atoms with Crippen LogP contribution in [0, 0.1) is 47.3 Å². The summed E-state index contributed by atoms with van der Waals surface area (Å²) in [4.78, 5) is 94.9. The molecule has 2 unspecified atom stereocenters. The highest BCUT2D eigenvalue weighted by molar-refractivity contribution is 5.75. The second-order valence-electron chi connectivity index (χ2n) is 46.7. The summed E-state index contributed by atoms with van der Waals surface area (Å²) >= 11 is 0. The van der Waals surface area contributed by atoms with Crippen LogP contribution < -0.4 is 0 Å². The average Bonchev–Trinajstić information content (AvgIpc) is 1.30. The Bertz CT molecular complexity index is 3180. The van der Waals surface area contributed by atoms with E-state index in [2.05, 4.69) is 167 Å². The molecule has 0 aromatic rings. The van der Waals surface area contributed by atoms with Gasteiger partial charge in [0.1, 0.15) is 105 Å². The average molecular weight is 2050 g/mol. The van der Waals surface area contributed by atoms with E-state index >= 15 is 0 Å². The third-order valence-electron chi connectivity index (χ3n) is 34.2. The first-order valence-corrected chi connectivity index (χ1v) is 61.0. The molecule has 0 aromatic heterocycles. The predicted octanol–water partition coefficient (Wildman–Crippen LogP) is 23.9. The molecule has 8 aliphatic carbocycles. The third-order valence-corrected chi connectivity index (χ3v) is 34.2. The highest BCUT2D eigenvalue weighted by Crippen LogP contribution is 2.33. The van der Waals surface area contributed by atoms with Crippen molar-refractivity contribution < 1.29 is 112 Å². The van der Waals surface area contributed by atoms with Crippen LogP contribution in [0.4, 0.5) is 0 Å². The van der Waals surface area contributed by atoms with Gasteiger partial charge in [-0.05, 0) is 223 Å². The smallest absolute Gasteiger partial charge is 0.309 e. The number of hydrogen-bond acceptors (Lipinski definition) is 16. The minimum Gasteiger partial charge on any atom is -0.459 e. The molecule has 8 aliphatic rings. The Labute approximate surface area is 887 Å². The number of rotatable bonds is 60. The largest absolute Gasteiger partial charge is 0.459 e. The van der Waals surface area contributed by atoms with E-state index in [9.17, 15) is 38.4 Å². The lowest BCUT2D eigenvalue weighted by molar-refractivity contribution is -0.927. The van der Waals surface area contributed by atoms with Crippen molar-refractivity contribution in [3.63, 3.8) is 0 Å². The van der Waals surface area contributed by atoms with E-state index in [0.717, 1.165) is 256 Å². The van der Waals surface area contributed by atoms with Crippen molar-refractivity contribution >= 4 is 47.8 Å². The van der Waals surface area contributed by atoms with E-state index < -0.39 is 0 Å². The lowest BCUT2D eigenvalue weighted by Gasteiger charge is -2.37. The van der Waals surface area contributed by atoms with Gasteiger partial charge in [-0.3, -0.25) is 38.4 Å². The molecule has 0 heterocycles. The summed E-state index contributed by atoms with van der Waals surface area (Å²) < 4.78 is 52.0. The predicted molar refractivity (Wildman–Crippen MR) is 594 cm³/mol. The minimum atomic E-state index is 0.0240. The van der Waals surface area contributed by atoms with Gasteiger partial charge in [0.15, 0.2) is 0 Å². The summed E-state index contributed by atoms with van der Waals surface area (Å²) in [6.45, 7) is 73.6. The molecule has 0 aliphatic heterocycles. The number of unbranched alkanes of at least 4 members (excludes halogenated alkanes) is 2. The van der Waals surface area contributed by atoms with Crippen LogP contribution in [0.2, 0.25) is 0 Å². The van der Waals surface area contributed by atoms with E-state index in [4.69, 9.17) is 37.9 Å². The maximum atomic E-state index is 12.1. The van der Waals surface area contributed by atoms with Gasteiger partial charge in [0, 0.05) is 0 Å². The molecule has 8 rings (SSSR count). The summed E-state index contributed by atoms with van der Waals surface area (Å²) in [5.74, 6) is 1.92. The molecule has 0 bridgehead atoms. The first-order chi connectivity index (χ1) is 69.0. The van der Waals surface area contributed by atoms with Gasteiger partial charge in [-0.1, -0.05) is 197 Å². The van der Waals surface area contributed by atoms with E-state index in [0.29, 0.717) is 52.9 Å². The number of carbonyl (C=O) groups excluding carboxylic acids is 8. The number of ether oxygens (including phenoxy) is 8. The Morgan fingerprint density at radius 1 is 0.160 bits per heavy atom. The maximum Gasteiger partial charge on any atom is 0.309 e. The van der Waals surface area contributed by atoms with Gasteiger partial charge in [0.25, 0.3) is 0 Å². The van der Waals surface area contributed by atoms with Crippen molar-refractivity contribution in [1.29, 1.82) is 0 Å². The van der Waals surface area contributed by atoms with Gasteiger partial charge in [0.05, 0.1) is 207 Å². The van der Waals surface area contributed by atoms with Crippen LogP contribution in [-0.4, -0.2) is 349 Å². The summed E-state index contributed by atoms with van der Waals surface area (Å²) in [5, 5.41) is 0. The number of hydrogen-bond donors (Lipinski definition) is 0. The SMILES string of the molecule is CCCC[N+](CC)(CCC)CCOC(=O)C1CCCC1.CCCC[N+](CC)(CCC)CCOC(=O)C1CCCCC1.CCC[N+](CC)(CCC)CCOC(=O)C1CCCC1.CCC[N+](CC)(CCC)CCOC(=O)C1CCCCC1.CC[N+](CC)(CC)CCOC(=O)C1CCCC1.CC[N+](CC)(CC)CCOC(=O)C1CCCCC1.C[N+](C)(C)CCOC(=O)C1CCCC1.C[N+](C)(C)CCOC(=O)C1CCCCC1. The molecular formula is C120H240N8O16+8. The normalized spacial score (nSPS) is 18.1. The lowest BCUT2D eigenvalue weighted by atomic mass is 9.89. The molecule has 0 N–H and O–H groups in total. The molecule has 24 heteroatoms. The molecule has 0 spiro atoms. The Morgan fingerprint density at radius 3 is 0.410 bits per heavy atom. The highest BCUT2D eigenvalue weighted by Gasteiger charge is 2.36. The number of likely N-dealkylation sites (N-methyl/N-ethyl adjacent to an activating group) is 8. The molecule has 0 amide bonds. The van der Waals surface area contributed by atoms with Crippen LogP contribution in [0.5, 0.6) is 0 Å². The topological polar surface area (TPSA) is 210 Å². The third kappa shape index (κ3) is 59.5. The minimum absolute atomic E-state index is 0.0240. The molecule has 0 radical (unpaired) electrons. The van der Waals surface area contributed by atoms with Crippen LogP contribution in [0.3, 0.4) is 0 Å². The Kier molecular flexibility index (Phi) is 77.5. The molecule has 2 atom stereocenters. The number of nitrogens with zero attached hydrogens (tertiary/aromatic N) is 8. The monoisotopic (exact) mass is 2050 g/mol. The van der Waals surface area contributed by atoms with Gasteiger partial charge in [0.2, 0.25) is 0 Å². The Morgan fingerprint density at radius 2 is 0.285 bits per heavy atom. The molecule has 24 nitrogen and oxygen atoms in total. The molecular weight excluding hydrogens is 1810 g/mol. The first kappa shape index (κ1) is 137. The number of esters is 8. The molecule has 0 aromatic carbocycles. The second-order valence-corrected chi connectivity index (χ2v) is 46.7. The maximum absolute atomic E-state index is 12.1. The molecule has 848 valence electrons. The molecule has 0 saturated heterocycles. The summed E-state index contributed by atoms with van der Waals surface area (Å²) in [5.41, 5.74) is 0. The Balaban J connectivity index is 0.000000825. The fourth-order valence-corrected chi connectivity index (χ4v) is 23.2. The quantitative estimate of drug-likeness (QED) is 0.0315. The number of carbonyl (C=O) groups is 8. The van der Waals surface area contributed by atoms with Crippen molar-refractivity contribution in [2.24, 2.45) is 47.3 Å². The van der Waals surface area contributed by atoms with Crippen molar-refractivity contribution in [3.05, 3.63) is 0 Å². The van der Waals surface area contributed by atoms with Gasteiger partial charge >= 0.3 is 47.8 Å². The van der Waals surface area contributed by atoms with Gasteiger partial charge in [-0.25, -0.2) is 0 Å². The van der Waals surface area contributed by atoms with Gasteiger partial charge < -0.3 is 73.8 Å². The van der Waals surface area contributed by atoms with E-state index in [1.165, 1.54) is 245 Å². The highest BCUT2D eigenvalue weighted by atomic mass is 16.6. The fraction of sp³-hybridized carbons (Fsp3) is 0.933. The molecule has 144 heavy (non-hydrogen) atoms. The first-order valence-electron chi connectivity index (χ1n) is 61.0. The van der Waals surface area contributed by atoms with Crippen molar-refractivity contribution in [1.82, 2.24) is 0 Å².